The molecule has 0 aliphatic heterocycles. The van der Waals surface area contributed by atoms with Gasteiger partial charge in [-0.25, -0.2) is 0 Å². The molecule has 58 valence electrons. The van der Waals surface area contributed by atoms with Gasteiger partial charge in [-0.15, -0.1) is 0 Å². The molecule has 2 nitrogen and oxygen atoms in total. The maximum atomic E-state index is 11.0. The molecule has 0 saturated heterocycles. The molecule has 1 rings (SSSR count). The summed E-state index contributed by atoms with van der Waals surface area (Å²) < 4.78 is 5.12. The van der Waals surface area contributed by atoms with Crippen molar-refractivity contribution in [3.05, 3.63) is 0 Å². The van der Waals surface area contributed by atoms with Crippen molar-refractivity contribution in [3.63, 3.8) is 0 Å². The molecule has 0 heterocycles. The van der Waals surface area contributed by atoms with Crippen LogP contribution < -0.4 is 0 Å². The molecular weight excluding hydrogens is 128 g/mol. The molecule has 0 aromatic carbocycles. The SMILES string of the molecule is CO[C@H]1CCCCC(=O)C1. The van der Waals surface area contributed by atoms with Gasteiger partial charge < -0.3 is 4.74 Å². The molecule has 0 amide bonds. The van der Waals surface area contributed by atoms with E-state index >= 15 is 0 Å². The van der Waals surface area contributed by atoms with Crippen molar-refractivity contribution >= 4 is 5.78 Å². The molecule has 0 N–H and O–H groups in total. The monoisotopic (exact) mass is 142 g/mol. The van der Waals surface area contributed by atoms with Crippen LogP contribution in [0.3, 0.4) is 0 Å². The molecule has 0 bridgehead atoms. The number of ether oxygens (including phenoxy) is 1. The maximum Gasteiger partial charge on any atom is 0.135 e. The molecule has 1 aliphatic rings. The predicted octanol–water partition coefficient (Wildman–Crippen LogP) is 1.53. The molecule has 10 heavy (non-hydrogen) atoms. The molecule has 0 aromatic heterocycles. The second-order valence-corrected chi connectivity index (χ2v) is 2.85. The van der Waals surface area contributed by atoms with Gasteiger partial charge in [-0.1, -0.05) is 6.42 Å². The summed E-state index contributed by atoms with van der Waals surface area (Å²) in [6.45, 7) is 0. The van der Waals surface area contributed by atoms with E-state index < -0.39 is 0 Å². The van der Waals surface area contributed by atoms with Crippen LogP contribution >= 0.6 is 0 Å². The van der Waals surface area contributed by atoms with E-state index in [1.807, 2.05) is 0 Å². The van der Waals surface area contributed by atoms with Gasteiger partial charge in [-0.3, -0.25) is 4.79 Å². The molecule has 1 aliphatic carbocycles. The summed E-state index contributed by atoms with van der Waals surface area (Å²) in [7, 11) is 1.68. The minimum absolute atomic E-state index is 0.204. The quantitative estimate of drug-likeness (QED) is 0.519. The second-order valence-electron chi connectivity index (χ2n) is 2.85. The summed E-state index contributed by atoms with van der Waals surface area (Å²) in [5, 5.41) is 0. The third kappa shape index (κ3) is 2.10. The highest BCUT2D eigenvalue weighted by Crippen LogP contribution is 2.16. The normalized spacial score (nSPS) is 28.1. The zero-order chi connectivity index (χ0) is 7.40. The number of hydrogen-bond donors (Lipinski definition) is 0. The Morgan fingerprint density at radius 2 is 2.30 bits per heavy atom. The highest BCUT2D eigenvalue weighted by atomic mass is 16.5. The first-order valence-corrected chi connectivity index (χ1v) is 3.87. The number of carbonyl (C=O) groups is 1. The van der Waals surface area contributed by atoms with Crippen molar-refractivity contribution in [1.82, 2.24) is 0 Å². The Hall–Kier alpha value is -0.370. The van der Waals surface area contributed by atoms with Crippen LogP contribution in [-0.4, -0.2) is 19.0 Å². The maximum absolute atomic E-state index is 11.0. The highest BCUT2D eigenvalue weighted by molar-refractivity contribution is 5.79. The van der Waals surface area contributed by atoms with E-state index in [4.69, 9.17) is 4.74 Å². The number of Topliss-reactive ketones (excluding diaryl/α,β-unsaturated/α-hetero) is 1. The Kier molecular flexibility index (Phi) is 2.87. The topological polar surface area (TPSA) is 26.3 Å². The van der Waals surface area contributed by atoms with Gasteiger partial charge in [0.1, 0.15) is 5.78 Å². The summed E-state index contributed by atoms with van der Waals surface area (Å²) in [6, 6.07) is 0. The summed E-state index contributed by atoms with van der Waals surface area (Å²) in [6.07, 6.45) is 4.86. The molecular formula is C8H14O2. The second kappa shape index (κ2) is 3.71. The largest absolute Gasteiger partial charge is 0.381 e. The van der Waals surface area contributed by atoms with Crippen molar-refractivity contribution in [2.24, 2.45) is 0 Å². The Morgan fingerprint density at radius 1 is 1.50 bits per heavy atom. The van der Waals surface area contributed by atoms with Gasteiger partial charge in [0, 0.05) is 20.0 Å². The van der Waals surface area contributed by atoms with Gasteiger partial charge in [0.25, 0.3) is 0 Å². The summed E-state index contributed by atoms with van der Waals surface area (Å²) in [4.78, 5) is 11.0. The zero-order valence-corrected chi connectivity index (χ0v) is 6.43. The van der Waals surface area contributed by atoms with E-state index in [0.717, 1.165) is 25.7 Å². The van der Waals surface area contributed by atoms with Crippen LogP contribution in [-0.2, 0) is 9.53 Å². The standard InChI is InChI=1S/C8H14O2/c1-10-8-5-3-2-4-7(9)6-8/h8H,2-6H2,1H3/t8-/m0/s1. The van der Waals surface area contributed by atoms with Crippen LogP contribution in [0, 0.1) is 0 Å². The molecule has 1 atom stereocenters. The van der Waals surface area contributed by atoms with Gasteiger partial charge in [-0.05, 0) is 12.8 Å². The van der Waals surface area contributed by atoms with Crippen molar-refractivity contribution in [2.75, 3.05) is 7.11 Å². The summed E-state index contributed by atoms with van der Waals surface area (Å²) >= 11 is 0. The fourth-order valence-electron chi connectivity index (χ4n) is 1.35. The molecule has 1 saturated carbocycles. The van der Waals surface area contributed by atoms with Crippen molar-refractivity contribution in [3.8, 4) is 0 Å². The van der Waals surface area contributed by atoms with Crippen LogP contribution in [0.25, 0.3) is 0 Å². The average Bonchev–Trinajstić information content (AvgIpc) is 2.13. The third-order valence-electron chi connectivity index (χ3n) is 2.02. The van der Waals surface area contributed by atoms with Gasteiger partial charge >= 0.3 is 0 Å². The number of carbonyl (C=O) groups excluding carboxylic acids is 1. The predicted molar refractivity (Wildman–Crippen MR) is 38.9 cm³/mol. The van der Waals surface area contributed by atoms with Crippen molar-refractivity contribution in [1.29, 1.82) is 0 Å². The molecule has 0 aromatic rings. The fraction of sp³-hybridized carbons (Fsp3) is 0.875. The average molecular weight is 142 g/mol. The number of ketones is 1. The van der Waals surface area contributed by atoms with E-state index in [9.17, 15) is 4.79 Å². The fourth-order valence-corrected chi connectivity index (χ4v) is 1.35. The van der Waals surface area contributed by atoms with Crippen LogP contribution in [0.4, 0.5) is 0 Å². The summed E-state index contributed by atoms with van der Waals surface area (Å²) in [5.41, 5.74) is 0. The van der Waals surface area contributed by atoms with E-state index in [0.29, 0.717) is 12.2 Å². The zero-order valence-electron chi connectivity index (χ0n) is 6.43. The number of methoxy groups -OCH3 is 1. The van der Waals surface area contributed by atoms with E-state index in [1.54, 1.807) is 7.11 Å². The summed E-state index contributed by atoms with van der Waals surface area (Å²) in [5.74, 6) is 0.365. The van der Waals surface area contributed by atoms with Gasteiger partial charge in [0.15, 0.2) is 0 Å². The molecule has 0 unspecified atom stereocenters. The van der Waals surface area contributed by atoms with Crippen molar-refractivity contribution in [2.45, 2.75) is 38.2 Å². The lowest BCUT2D eigenvalue weighted by atomic mass is 10.1. The van der Waals surface area contributed by atoms with Gasteiger partial charge in [-0.2, -0.15) is 0 Å². The first kappa shape index (κ1) is 7.73. The lowest BCUT2D eigenvalue weighted by Crippen LogP contribution is -2.12. The van der Waals surface area contributed by atoms with E-state index in [2.05, 4.69) is 0 Å². The third-order valence-corrected chi connectivity index (χ3v) is 2.02. The van der Waals surface area contributed by atoms with Crippen LogP contribution in [0.1, 0.15) is 32.1 Å². The van der Waals surface area contributed by atoms with Gasteiger partial charge in [0.2, 0.25) is 0 Å². The van der Waals surface area contributed by atoms with Crippen LogP contribution in [0.15, 0.2) is 0 Å². The smallest absolute Gasteiger partial charge is 0.135 e. The molecule has 2 heteroatoms. The Balaban J connectivity index is 2.38. The van der Waals surface area contributed by atoms with E-state index in [-0.39, 0.29) is 6.10 Å². The lowest BCUT2D eigenvalue weighted by Gasteiger charge is -2.09. The number of rotatable bonds is 1. The first-order chi connectivity index (χ1) is 4.83. The lowest BCUT2D eigenvalue weighted by molar-refractivity contribution is -0.120. The van der Waals surface area contributed by atoms with Crippen LogP contribution in [0.2, 0.25) is 0 Å². The van der Waals surface area contributed by atoms with Crippen LogP contribution in [0.5, 0.6) is 0 Å². The molecule has 0 spiro atoms. The molecule has 1 fully saturated rings. The minimum Gasteiger partial charge on any atom is -0.381 e. The van der Waals surface area contributed by atoms with Crippen molar-refractivity contribution < 1.29 is 9.53 Å². The Labute approximate surface area is 61.6 Å². The molecule has 0 radical (unpaired) electrons. The minimum atomic E-state index is 0.204. The first-order valence-electron chi connectivity index (χ1n) is 3.87. The van der Waals surface area contributed by atoms with E-state index in [1.165, 1.54) is 0 Å². The Morgan fingerprint density at radius 3 is 3.00 bits per heavy atom. The highest BCUT2D eigenvalue weighted by Gasteiger charge is 2.16. The number of hydrogen-bond acceptors (Lipinski definition) is 2. The Bertz CT molecular complexity index is 120. The van der Waals surface area contributed by atoms with Gasteiger partial charge in [0.05, 0.1) is 6.10 Å².